The van der Waals surface area contributed by atoms with Crippen molar-refractivity contribution in [3.63, 3.8) is 0 Å². The monoisotopic (exact) mass is 205 g/mol. The highest BCUT2D eigenvalue weighted by molar-refractivity contribution is 5.08. The Morgan fingerprint density at radius 3 is 3.27 bits per heavy atom. The Morgan fingerprint density at radius 1 is 1.53 bits per heavy atom. The second-order valence-corrected chi connectivity index (χ2v) is 4.28. The molecule has 1 unspecified atom stereocenters. The zero-order valence-electron chi connectivity index (χ0n) is 9.32. The van der Waals surface area contributed by atoms with E-state index in [0.717, 1.165) is 19.6 Å². The van der Waals surface area contributed by atoms with Crippen molar-refractivity contribution in [2.75, 3.05) is 19.6 Å². The Kier molecular flexibility index (Phi) is 3.69. The summed E-state index contributed by atoms with van der Waals surface area (Å²) in [4.78, 5) is 6.64. The Bertz CT molecular complexity index is 286. The van der Waals surface area contributed by atoms with Gasteiger partial charge in [0.15, 0.2) is 0 Å². The van der Waals surface area contributed by atoms with Crippen LogP contribution in [0.1, 0.15) is 18.9 Å². The van der Waals surface area contributed by atoms with Crippen molar-refractivity contribution in [3.8, 4) is 0 Å². The first-order chi connectivity index (χ1) is 7.34. The summed E-state index contributed by atoms with van der Waals surface area (Å²) in [7, 11) is 0. The molecule has 15 heavy (non-hydrogen) atoms. The molecule has 1 aromatic heterocycles. The lowest BCUT2D eigenvalue weighted by atomic mass is 10.2. The van der Waals surface area contributed by atoms with Gasteiger partial charge in [0.2, 0.25) is 0 Å². The first kappa shape index (κ1) is 10.6. The zero-order chi connectivity index (χ0) is 10.5. The summed E-state index contributed by atoms with van der Waals surface area (Å²) in [6, 6.07) is 4.81. The molecule has 1 fully saturated rings. The van der Waals surface area contributed by atoms with Crippen LogP contribution in [0.5, 0.6) is 0 Å². The molecule has 82 valence electrons. The lowest BCUT2D eigenvalue weighted by molar-refractivity contribution is 0.282. The first-order valence-electron chi connectivity index (χ1n) is 5.69. The summed E-state index contributed by atoms with van der Waals surface area (Å²) in [6.07, 6.45) is 5.03. The van der Waals surface area contributed by atoms with E-state index in [1.54, 1.807) is 0 Å². The lowest BCUT2D eigenvalue weighted by Crippen LogP contribution is -2.28. The van der Waals surface area contributed by atoms with Crippen LogP contribution in [-0.2, 0) is 6.54 Å². The van der Waals surface area contributed by atoms with E-state index in [1.807, 2.05) is 18.5 Å². The number of pyridine rings is 1. The van der Waals surface area contributed by atoms with E-state index in [4.69, 9.17) is 0 Å². The van der Waals surface area contributed by atoms with Crippen molar-refractivity contribution in [1.29, 1.82) is 0 Å². The smallest absolute Gasteiger partial charge is 0.0312 e. The van der Waals surface area contributed by atoms with Crippen LogP contribution in [0.3, 0.4) is 0 Å². The van der Waals surface area contributed by atoms with Gasteiger partial charge in [0, 0.05) is 44.6 Å². The van der Waals surface area contributed by atoms with Gasteiger partial charge in [-0.1, -0.05) is 6.07 Å². The number of nitrogens with zero attached hydrogens (tertiary/aromatic N) is 2. The average molecular weight is 205 g/mol. The normalized spacial score (nSPS) is 23.7. The molecule has 0 saturated carbocycles. The van der Waals surface area contributed by atoms with Gasteiger partial charge in [-0.2, -0.15) is 0 Å². The minimum atomic E-state index is 0.656. The van der Waals surface area contributed by atoms with Crippen molar-refractivity contribution in [2.24, 2.45) is 0 Å². The third-order valence-electron chi connectivity index (χ3n) is 2.93. The lowest BCUT2D eigenvalue weighted by Gasteiger charge is -2.19. The standard InChI is InChI=1S/C12H19N3/c1-11-4-7-15(8-6-14-11)10-12-3-2-5-13-9-12/h2-3,5,9,11,14H,4,6-8,10H2,1H3. The highest BCUT2D eigenvalue weighted by Crippen LogP contribution is 2.06. The fourth-order valence-corrected chi connectivity index (χ4v) is 1.97. The molecular formula is C12H19N3. The Morgan fingerprint density at radius 2 is 2.47 bits per heavy atom. The summed E-state index contributed by atoms with van der Waals surface area (Å²) >= 11 is 0. The van der Waals surface area contributed by atoms with Crippen LogP contribution in [-0.4, -0.2) is 35.6 Å². The Hall–Kier alpha value is -0.930. The minimum absolute atomic E-state index is 0.656. The van der Waals surface area contributed by atoms with Gasteiger partial charge < -0.3 is 5.32 Å². The van der Waals surface area contributed by atoms with E-state index in [1.165, 1.54) is 18.5 Å². The topological polar surface area (TPSA) is 28.2 Å². The molecule has 1 aliphatic rings. The van der Waals surface area contributed by atoms with Crippen LogP contribution in [0.25, 0.3) is 0 Å². The van der Waals surface area contributed by atoms with Crippen LogP contribution in [0.4, 0.5) is 0 Å². The Balaban J connectivity index is 1.89. The summed E-state index contributed by atoms with van der Waals surface area (Å²) in [5.41, 5.74) is 1.31. The molecule has 0 aliphatic carbocycles. The van der Waals surface area contributed by atoms with Crippen molar-refractivity contribution in [2.45, 2.75) is 25.9 Å². The summed E-state index contributed by atoms with van der Waals surface area (Å²) < 4.78 is 0. The van der Waals surface area contributed by atoms with E-state index in [2.05, 4.69) is 28.2 Å². The molecule has 0 aromatic carbocycles. The van der Waals surface area contributed by atoms with Crippen LogP contribution in [0.15, 0.2) is 24.5 Å². The second-order valence-electron chi connectivity index (χ2n) is 4.28. The van der Waals surface area contributed by atoms with Crippen LogP contribution in [0.2, 0.25) is 0 Å². The van der Waals surface area contributed by atoms with Crippen LogP contribution in [0, 0.1) is 0 Å². The molecule has 1 aromatic rings. The molecule has 0 amide bonds. The summed E-state index contributed by atoms with van der Waals surface area (Å²) in [6.45, 7) is 6.71. The minimum Gasteiger partial charge on any atom is -0.313 e. The molecule has 2 rings (SSSR count). The maximum absolute atomic E-state index is 4.15. The summed E-state index contributed by atoms with van der Waals surface area (Å²) in [5, 5.41) is 3.50. The molecule has 1 aliphatic heterocycles. The molecule has 1 N–H and O–H groups in total. The van der Waals surface area contributed by atoms with E-state index >= 15 is 0 Å². The molecule has 0 bridgehead atoms. The van der Waals surface area contributed by atoms with Gasteiger partial charge >= 0.3 is 0 Å². The van der Waals surface area contributed by atoms with Crippen molar-refractivity contribution in [1.82, 2.24) is 15.2 Å². The van der Waals surface area contributed by atoms with Crippen molar-refractivity contribution < 1.29 is 0 Å². The first-order valence-corrected chi connectivity index (χ1v) is 5.69. The highest BCUT2D eigenvalue weighted by atomic mass is 15.2. The van der Waals surface area contributed by atoms with E-state index in [0.29, 0.717) is 6.04 Å². The third-order valence-corrected chi connectivity index (χ3v) is 2.93. The average Bonchev–Trinajstić information content (AvgIpc) is 2.46. The van der Waals surface area contributed by atoms with Gasteiger partial charge in [0.25, 0.3) is 0 Å². The highest BCUT2D eigenvalue weighted by Gasteiger charge is 2.12. The quantitative estimate of drug-likeness (QED) is 0.788. The number of hydrogen-bond donors (Lipinski definition) is 1. The molecule has 1 atom stereocenters. The predicted octanol–water partition coefficient (Wildman–Crippen LogP) is 1.27. The van der Waals surface area contributed by atoms with Gasteiger partial charge in [-0.3, -0.25) is 9.88 Å². The molecule has 3 heteroatoms. The molecule has 0 spiro atoms. The molecule has 1 saturated heterocycles. The molecule has 0 radical (unpaired) electrons. The van der Waals surface area contributed by atoms with Crippen LogP contribution >= 0.6 is 0 Å². The Labute approximate surface area is 91.5 Å². The predicted molar refractivity (Wildman–Crippen MR) is 61.6 cm³/mol. The van der Waals surface area contributed by atoms with Gasteiger partial charge in [0.05, 0.1) is 0 Å². The number of aromatic nitrogens is 1. The van der Waals surface area contributed by atoms with Gasteiger partial charge in [-0.15, -0.1) is 0 Å². The van der Waals surface area contributed by atoms with E-state index < -0.39 is 0 Å². The van der Waals surface area contributed by atoms with Crippen molar-refractivity contribution in [3.05, 3.63) is 30.1 Å². The second kappa shape index (κ2) is 5.24. The van der Waals surface area contributed by atoms with E-state index in [-0.39, 0.29) is 0 Å². The molecule has 2 heterocycles. The largest absolute Gasteiger partial charge is 0.313 e. The van der Waals surface area contributed by atoms with Gasteiger partial charge in [-0.05, 0) is 25.0 Å². The van der Waals surface area contributed by atoms with Gasteiger partial charge in [-0.25, -0.2) is 0 Å². The number of nitrogens with one attached hydrogen (secondary N) is 1. The fourth-order valence-electron chi connectivity index (χ4n) is 1.97. The number of rotatable bonds is 2. The number of hydrogen-bond acceptors (Lipinski definition) is 3. The van der Waals surface area contributed by atoms with E-state index in [9.17, 15) is 0 Å². The SMILES string of the molecule is CC1CCN(Cc2cccnc2)CCN1. The fraction of sp³-hybridized carbons (Fsp3) is 0.583. The molecule has 3 nitrogen and oxygen atoms in total. The molecular weight excluding hydrogens is 186 g/mol. The maximum atomic E-state index is 4.15. The van der Waals surface area contributed by atoms with Crippen molar-refractivity contribution >= 4 is 0 Å². The zero-order valence-corrected chi connectivity index (χ0v) is 9.32. The van der Waals surface area contributed by atoms with Crippen LogP contribution < -0.4 is 5.32 Å². The van der Waals surface area contributed by atoms with Gasteiger partial charge in [0.1, 0.15) is 0 Å². The maximum Gasteiger partial charge on any atom is 0.0312 e. The third kappa shape index (κ3) is 3.29. The summed E-state index contributed by atoms with van der Waals surface area (Å²) in [5.74, 6) is 0.